The molecule has 1 saturated heterocycles. The molecule has 0 spiro atoms. The van der Waals surface area contributed by atoms with Crippen LogP contribution in [0.2, 0.25) is 0 Å². The number of anilines is 1. The van der Waals surface area contributed by atoms with E-state index in [4.69, 9.17) is 5.11 Å². The lowest BCUT2D eigenvalue weighted by Gasteiger charge is -2.34. The Morgan fingerprint density at radius 2 is 1.95 bits per heavy atom. The first kappa shape index (κ1) is 14.9. The monoisotopic (exact) mass is 322 g/mol. The molecule has 0 radical (unpaired) electrons. The van der Waals surface area contributed by atoms with Crippen LogP contribution in [0.25, 0.3) is 10.1 Å². The highest BCUT2D eigenvalue weighted by Crippen LogP contribution is 2.28. The van der Waals surface area contributed by atoms with E-state index >= 15 is 0 Å². The van der Waals surface area contributed by atoms with Gasteiger partial charge in [0.2, 0.25) is 5.43 Å². The maximum Gasteiger partial charge on any atom is 0.340 e. The van der Waals surface area contributed by atoms with Gasteiger partial charge < -0.3 is 14.9 Å². The largest absolute Gasteiger partial charge is 0.478 e. The Balaban J connectivity index is 2.08. The van der Waals surface area contributed by atoms with Crippen LogP contribution >= 0.6 is 11.3 Å². The molecular weight excluding hydrogens is 307 g/mol. The number of carboxylic acid groups (broad SMARTS) is 1. The van der Waals surface area contributed by atoms with Crippen molar-refractivity contribution in [2.75, 3.05) is 38.1 Å². The van der Waals surface area contributed by atoms with E-state index in [2.05, 4.69) is 4.90 Å². The standard InChI is InChI=1S/C15H15FN2O3S/c1-17-2-4-18(5-3-17)12-7-13-9(6-11(12)16)14(19)10(8-22-13)15(20)21/h6-8H,2-5H2,1H3,(H,20,21). The predicted octanol–water partition coefficient (Wildman–Crippen LogP) is 1.85. The highest BCUT2D eigenvalue weighted by molar-refractivity contribution is 7.16. The Kier molecular flexibility index (Phi) is 3.84. The molecule has 0 aliphatic carbocycles. The molecule has 2 aromatic rings. The fourth-order valence-electron chi connectivity index (χ4n) is 2.58. The second kappa shape index (κ2) is 5.66. The van der Waals surface area contributed by atoms with Crippen LogP contribution in [0.4, 0.5) is 10.1 Å². The summed E-state index contributed by atoms with van der Waals surface area (Å²) >= 11 is 1.15. The molecule has 1 aromatic heterocycles. The summed E-state index contributed by atoms with van der Waals surface area (Å²) < 4.78 is 15.0. The molecule has 3 rings (SSSR count). The molecule has 1 aliphatic heterocycles. The number of carboxylic acids is 1. The normalized spacial score (nSPS) is 16.2. The Hall–Kier alpha value is -1.99. The third-order valence-corrected chi connectivity index (χ3v) is 4.86. The molecule has 1 fully saturated rings. The van der Waals surface area contributed by atoms with E-state index < -0.39 is 17.2 Å². The Morgan fingerprint density at radius 1 is 1.27 bits per heavy atom. The van der Waals surface area contributed by atoms with Crippen molar-refractivity contribution in [1.29, 1.82) is 0 Å². The maximum absolute atomic E-state index is 14.4. The number of rotatable bonds is 2. The van der Waals surface area contributed by atoms with Gasteiger partial charge in [-0.25, -0.2) is 9.18 Å². The van der Waals surface area contributed by atoms with Crippen LogP contribution in [0.3, 0.4) is 0 Å². The molecule has 1 aliphatic rings. The average molecular weight is 322 g/mol. The van der Waals surface area contributed by atoms with Crippen molar-refractivity contribution in [1.82, 2.24) is 4.90 Å². The van der Waals surface area contributed by atoms with E-state index in [1.807, 2.05) is 11.9 Å². The molecule has 0 unspecified atom stereocenters. The molecule has 1 N–H and O–H groups in total. The van der Waals surface area contributed by atoms with E-state index in [-0.39, 0.29) is 10.9 Å². The SMILES string of the molecule is CN1CCN(c2cc3scc(C(=O)O)c(=O)c3cc2F)CC1. The molecule has 22 heavy (non-hydrogen) atoms. The van der Waals surface area contributed by atoms with Crippen molar-refractivity contribution in [2.45, 2.75) is 0 Å². The molecule has 1 aromatic carbocycles. The lowest BCUT2D eigenvalue weighted by Crippen LogP contribution is -2.44. The van der Waals surface area contributed by atoms with Gasteiger partial charge in [0.1, 0.15) is 11.4 Å². The minimum absolute atomic E-state index is 0.125. The molecule has 7 heteroatoms. The van der Waals surface area contributed by atoms with Gasteiger partial charge in [0.05, 0.1) is 5.69 Å². The lowest BCUT2D eigenvalue weighted by molar-refractivity contribution is 0.0696. The maximum atomic E-state index is 14.4. The van der Waals surface area contributed by atoms with Crippen LogP contribution in [0.5, 0.6) is 0 Å². The Bertz CT molecular complexity index is 797. The first-order valence-electron chi connectivity index (χ1n) is 6.89. The Morgan fingerprint density at radius 3 is 2.59 bits per heavy atom. The summed E-state index contributed by atoms with van der Waals surface area (Å²) in [5.41, 5.74) is -0.478. The zero-order valence-electron chi connectivity index (χ0n) is 12.0. The topological polar surface area (TPSA) is 60.9 Å². The molecule has 0 bridgehead atoms. The van der Waals surface area contributed by atoms with E-state index in [0.717, 1.165) is 43.6 Å². The number of hydrogen-bond acceptors (Lipinski definition) is 5. The highest BCUT2D eigenvalue weighted by atomic mass is 32.1. The predicted molar refractivity (Wildman–Crippen MR) is 84.7 cm³/mol. The van der Waals surface area contributed by atoms with Crippen LogP contribution in [-0.4, -0.2) is 49.2 Å². The van der Waals surface area contributed by atoms with Crippen LogP contribution in [-0.2, 0) is 0 Å². The molecule has 2 heterocycles. The highest BCUT2D eigenvalue weighted by Gasteiger charge is 2.20. The molecule has 5 nitrogen and oxygen atoms in total. The summed E-state index contributed by atoms with van der Waals surface area (Å²) in [6, 6.07) is 2.81. The van der Waals surface area contributed by atoms with Gasteiger partial charge in [-0.1, -0.05) is 0 Å². The van der Waals surface area contributed by atoms with E-state index in [0.29, 0.717) is 10.4 Å². The van der Waals surface area contributed by atoms with Crippen LogP contribution in [0, 0.1) is 5.82 Å². The number of benzene rings is 1. The number of carbonyl (C=O) groups is 1. The van der Waals surface area contributed by atoms with Gasteiger partial charge in [0.25, 0.3) is 0 Å². The van der Waals surface area contributed by atoms with Gasteiger partial charge in [0.15, 0.2) is 0 Å². The van der Waals surface area contributed by atoms with Crippen LogP contribution in [0.15, 0.2) is 22.3 Å². The number of fused-ring (bicyclic) bond motifs is 1. The average Bonchev–Trinajstić information content (AvgIpc) is 2.48. The molecule has 116 valence electrons. The quantitative estimate of drug-likeness (QED) is 0.914. The third kappa shape index (κ3) is 2.57. The van der Waals surface area contributed by atoms with Crippen molar-refractivity contribution < 1.29 is 14.3 Å². The first-order chi connectivity index (χ1) is 10.5. The van der Waals surface area contributed by atoms with Crippen molar-refractivity contribution in [2.24, 2.45) is 0 Å². The van der Waals surface area contributed by atoms with Gasteiger partial charge in [-0.3, -0.25) is 4.79 Å². The second-order valence-electron chi connectivity index (χ2n) is 5.37. The summed E-state index contributed by atoms with van der Waals surface area (Å²) in [5, 5.41) is 10.4. The summed E-state index contributed by atoms with van der Waals surface area (Å²) in [7, 11) is 2.02. The number of piperazine rings is 1. The molecular formula is C15H15FN2O3S. The summed E-state index contributed by atoms with van der Waals surface area (Å²) in [5.74, 6) is -1.77. The summed E-state index contributed by atoms with van der Waals surface area (Å²) in [4.78, 5) is 27.2. The van der Waals surface area contributed by atoms with Gasteiger partial charge in [-0.15, -0.1) is 11.3 Å². The first-order valence-corrected chi connectivity index (χ1v) is 7.77. The number of halogens is 1. The van der Waals surface area contributed by atoms with Crippen LogP contribution < -0.4 is 10.3 Å². The van der Waals surface area contributed by atoms with Crippen molar-refractivity contribution in [3.05, 3.63) is 39.1 Å². The molecule has 0 atom stereocenters. The number of hydrogen-bond donors (Lipinski definition) is 1. The molecule has 0 saturated carbocycles. The molecule has 0 amide bonds. The summed E-state index contributed by atoms with van der Waals surface area (Å²) in [6.45, 7) is 3.15. The summed E-state index contributed by atoms with van der Waals surface area (Å²) in [6.07, 6.45) is 0. The third-order valence-electron chi connectivity index (χ3n) is 3.92. The van der Waals surface area contributed by atoms with Gasteiger partial charge >= 0.3 is 5.97 Å². The fourth-order valence-corrected chi connectivity index (χ4v) is 3.49. The minimum Gasteiger partial charge on any atom is -0.478 e. The van der Waals surface area contributed by atoms with Crippen LogP contribution in [0.1, 0.15) is 10.4 Å². The minimum atomic E-state index is -1.29. The van der Waals surface area contributed by atoms with E-state index in [1.54, 1.807) is 6.07 Å². The van der Waals surface area contributed by atoms with Crippen molar-refractivity contribution >= 4 is 33.1 Å². The zero-order chi connectivity index (χ0) is 15.9. The number of nitrogens with zero attached hydrogens (tertiary/aromatic N) is 2. The van der Waals surface area contributed by atoms with Gasteiger partial charge in [-0.2, -0.15) is 0 Å². The number of likely N-dealkylation sites (N-methyl/N-ethyl adjacent to an activating group) is 1. The van der Waals surface area contributed by atoms with Crippen molar-refractivity contribution in [3.8, 4) is 0 Å². The number of aromatic carboxylic acids is 1. The zero-order valence-corrected chi connectivity index (χ0v) is 12.8. The van der Waals surface area contributed by atoms with Gasteiger partial charge in [0, 0.05) is 41.6 Å². The fraction of sp³-hybridized carbons (Fsp3) is 0.333. The van der Waals surface area contributed by atoms with Crippen molar-refractivity contribution in [3.63, 3.8) is 0 Å². The van der Waals surface area contributed by atoms with E-state index in [1.165, 1.54) is 5.38 Å². The second-order valence-corrected chi connectivity index (χ2v) is 6.28. The lowest BCUT2D eigenvalue weighted by atomic mass is 10.1. The smallest absolute Gasteiger partial charge is 0.340 e. The van der Waals surface area contributed by atoms with Gasteiger partial charge in [-0.05, 0) is 19.2 Å². The van der Waals surface area contributed by atoms with E-state index in [9.17, 15) is 14.0 Å². The Labute approximate surface area is 130 Å².